The van der Waals surface area contributed by atoms with E-state index in [1.807, 2.05) is 0 Å². The van der Waals surface area contributed by atoms with Gasteiger partial charge in [0, 0.05) is 39.4 Å². The van der Waals surface area contributed by atoms with E-state index in [9.17, 15) is 0 Å². The molecule has 0 radical (unpaired) electrons. The van der Waals surface area contributed by atoms with Crippen LogP contribution in [-0.4, -0.2) is 39.9 Å². The van der Waals surface area contributed by atoms with Crippen LogP contribution in [0.15, 0.2) is 23.2 Å². The molecular weight excluding hydrogens is 429 g/mol. The largest absolute Gasteiger partial charge is 0.493 e. The number of nitrogens with zero attached hydrogens (tertiary/aromatic N) is 1. The third-order valence-corrected chi connectivity index (χ3v) is 3.67. The van der Waals surface area contributed by atoms with Crippen LogP contribution in [-0.2, 0) is 11.3 Å². The zero-order chi connectivity index (χ0) is 17.6. The van der Waals surface area contributed by atoms with Gasteiger partial charge in [-0.2, -0.15) is 0 Å². The first-order valence-electron chi connectivity index (χ1n) is 8.87. The second-order valence-electron chi connectivity index (χ2n) is 5.87. The van der Waals surface area contributed by atoms with Gasteiger partial charge in [0.05, 0.1) is 6.61 Å². The molecular formula is C19H34IN3O2. The first-order valence-corrected chi connectivity index (χ1v) is 8.87. The monoisotopic (exact) mass is 463 g/mol. The third-order valence-electron chi connectivity index (χ3n) is 3.67. The molecule has 5 nitrogen and oxygen atoms in total. The molecule has 0 saturated heterocycles. The lowest BCUT2D eigenvalue weighted by Gasteiger charge is -2.15. The minimum atomic E-state index is 0. The molecule has 0 amide bonds. The molecule has 2 N–H and O–H groups in total. The molecule has 0 saturated carbocycles. The van der Waals surface area contributed by atoms with Crippen molar-refractivity contribution in [1.29, 1.82) is 0 Å². The summed E-state index contributed by atoms with van der Waals surface area (Å²) in [5, 5.41) is 6.71. The van der Waals surface area contributed by atoms with Crippen LogP contribution in [0.3, 0.4) is 0 Å². The Bertz CT molecular complexity index is 496. The van der Waals surface area contributed by atoms with Crippen LogP contribution in [0.25, 0.3) is 0 Å². The van der Waals surface area contributed by atoms with Crippen LogP contribution < -0.4 is 15.4 Å². The molecule has 0 atom stereocenters. The molecule has 1 aromatic rings. The normalized spacial score (nSPS) is 11.0. The van der Waals surface area contributed by atoms with Gasteiger partial charge in [0.2, 0.25) is 0 Å². The van der Waals surface area contributed by atoms with Crippen molar-refractivity contribution in [3.63, 3.8) is 0 Å². The van der Waals surface area contributed by atoms with Gasteiger partial charge in [-0.3, -0.25) is 4.99 Å². The number of guanidine groups is 1. The van der Waals surface area contributed by atoms with Gasteiger partial charge in [-0.15, -0.1) is 24.0 Å². The molecule has 0 aromatic heterocycles. The van der Waals surface area contributed by atoms with E-state index in [-0.39, 0.29) is 24.0 Å². The topological polar surface area (TPSA) is 54.9 Å². The minimum absolute atomic E-state index is 0. The summed E-state index contributed by atoms with van der Waals surface area (Å²) in [6, 6.07) is 6.33. The number of nitrogens with one attached hydrogen (secondary N) is 2. The highest BCUT2D eigenvalue weighted by Crippen LogP contribution is 2.20. The van der Waals surface area contributed by atoms with Crippen molar-refractivity contribution < 1.29 is 9.47 Å². The van der Waals surface area contributed by atoms with E-state index in [1.165, 1.54) is 5.56 Å². The molecule has 1 aromatic carbocycles. The smallest absolute Gasteiger partial charge is 0.191 e. The molecule has 25 heavy (non-hydrogen) atoms. The first-order chi connectivity index (χ1) is 11.7. The predicted octanol–water partition coefficient (Wildman–Crippen LogP) is 3.88. The molecule has 6 heteroatoms. The number of unbranched alkanes of at least 4 members (excludes halogenated alkanes) is 2. The highest BCUT2D eigenvalue weighted by molar-refractivity contribution is 14.0. The summed E-state index contributed by atoms with van der Waals surface area (Å²) >= 11 is 0. The fourth-order valence-electron chi connectivity index (χ4n) is 2.31. The van der Waals surface area contributed by atoms with E-state index in [4.69, 9.17) is 9.47 Å². The average Bonchev–Trinajstić information content (AvgIpc) is 2.59. The Morgan fingerprint density at radius 3 is 2.60 bits per heavy atom. The van der Waals surface area contributed by atoms with Gasteiger partial charge in [-0.25, -0.2) is 0 Å². The molecule has 0 heterocycles. The lowest BCUT2D eigenvalue weighted by molar-refractivity contribution is 0.192. The van der Waals surface area contributed by atoms with Gasteiger partial charge in [-0.1, -0.05) is 19.1 Å². The van der Waals surface area contributed by atoms with Gasteiger partial charge in [0.15, 0.2) is 5.96 Å². The molecule has 0 aliphatic heterocycles. The van der Waals surface area contributed by atoms with E-state index in [2.05, 4.69) is 47.7 Å². The fourth-order valence-corrected chi connectivity index (χ4v) is 2.31. The maximum atomic E-state index is 5.86. The second-order valence-corrected chi connectivity index (χ2v) is 5.87. The highest BCUT2D eigenvalue weighted by atomic mass is 127. The van der Waals surface area contributed by atoms with Crippen LogP contribution in [0, 0.1) is 6.92 Å². The minimum Gasteiger partial charge on any atom is -0.493 e. The van der Waals surface area contributed by atoms with Crippen molar-refractivity contribution in [2.24, 2.45) is 4.99 Å². The summed E-state index contributed by atoms with van der Waals surface area (Å²) in [6.07, 6.45) is 4.38. The molecule has 144 valence electrons. The predicted molar refractivity (Wildman–Crippen MR) is 116 cm³/mol. The Morgan fingerprint density at radius 2 is 1.92 bits per heavy atom. The Labute approximate surface area is 170 Å². The first kappa shape index (κ1) is 24.0. The number of ether oxygens (including phenoxy) is 2. The van der Waals surface area contributed by atoms with Crippen LogP contribution in [0.5, 0.6) is 5.75 Å². The van der Waals surface area contributed by atoms with E-state index >= 15 is 0 Å². The van der Waals surface area contributed by atoms with Gasteiger partial charge in [0.1, 0.15) is 5.75 Å². The molecule has 0 aliphatic carbocycles. The van der Waals surface area contributed by atoms with Crippen molar-refractivity contribution in [3.8, 4) is 5.75 Å². The summed E-state index contributed by atoms with van der Waals surface area (Å²) in [4.78, 5) is 4.28. The van der Waals surface area contributed by atoms with E-state index in [1.54, 1.807) is 14.2 Å². The van der Waals surface area contributed by atoms with Crippen LogP contribution >= 0.6 is 24.0 Å². The molecule has 0 bridgehead atoms. The summed E-state index contributed by atoms with van der Waals surface area (Å²) in [6.45, 7) is 7.39. The average molecular weight is 463 g/mol. The van der Waals surface area contributed by atoms with E-state index < -0.39 is 0 Å². The van der Waals surface area contributed by atoms with Crippen molar-refractivity contribution >= 4 is 29.9 Å². The molecule has 0 unspecified atom stereocenters. The standard InChI is InChI=1S/C19H33N3O2.HI/c1-5-12-24-18-14-16(2)9-10-17(18)15-22-19(20-3)21-11-7-6-8-13-23-4;/h9-10,14H,5-8,11-13,15H2,1-4H3,(H2,20,21,22);1H. The van der Waals surface area contributed by atoms with Gasteiger partial charge in [-0.05, 0) is 44.2 Å². The summed E-state index contributed by atoms with van der Waals surface area (Å²) in [7, 11) is 3.54. The number of hydrogen-bond donors (Lipinski definition) is 2. The Kier molecular flexibility index (Phi) is 14.6. The fraction of sp³-hybridized carbons (Fsp3) is 0.632. The lowest BCUT2D eigenvalue weighted by atomic mass is 10.1. The van der Waals surface area contributed by atoms with Gasteiger partial charge >= 0.3 is 0 Å². The Morgan fingerprint density at radius 1 is 1.12 bits per heavy atom. The maximum Gasteiger partial charge on any atom is 0.191 e. The number of aryl methyl sites for hydroxylation is 1. The molecule has 0 fully saturated rings. The number of halogens is 1. The number of hydrogen-bond acceptors (Lipinski definition) is 3. The van der Waals surface area contributed by atoms with Crippen molar-refractivity contribution in [3.05, 3.63) is 29.3 Å². The quantitative estimate of drug-likeness (QED) is 0.226. The number of methoxy groups -OCH3 is 1. The maximum absolute atomic E-state index is 5.86. The zero-order valence-electron chi connectivity index (χ0n) is 16.1. The number of rotatable bonds is 11. The lowest BCUT2D eigenvalue weighted by Crippen LogP contribution is -2.37. The molecule has 0 aliphatic rings. The van der Waals surface area contributed by atoms with Crippen molar-refractivity contribution in [2.75, 3.05) is 33.9 Å². The number of aliphatic imine (C=N–C) groups is 1. The van der Waals surface area contributed by atoms with Crippen LogP contribution in [0.4, 0.5) is 0 Å². The Balaban J connectivity index is 0.00000576. The van der Waals surface area contributed by atoms with E-state index in [0.29, 0.717) is 6.54 Å². The van der Waals surface area contributed by atoms with Crippen molar-refractivity contribution in [1.82, 2.24) is 10.6 Å². The molecule has 0 spiro atoms. The zero-order valence-corrected chi connectivity index (χ0v) is 18.4. The summed E-state index contributed by atoms with van der Waals surface area (Å²) < 4.78 is 10.9. The summed E-state index contributed by atoms with van der Waals surface area (Å²) in [5.41, 5.74) is 2.36. The van der Waals surface area contributed by atoms with Gasteiger partial charge in [0.25, 0.3) is 0 Å². The number of benzene rings is 1. The second kappa shape index (κ2) is 15.3. The molecule has 1 rings (SSSR count). The van der Waals surface area contributed by atoms with Crippen molar-refractivity contribution in [2.45, 2.75) is 46.1 Å². The Hall–Kier alpha value is -1.02. The van der Waals surface area contributed by atoms with E-state index in [0.717, 1.165) is 62.7 Å². The highest BCUT2D eigenvalue weighted by Gasteiger charge is 2.05. The van der Waals surface area contributed by atoms with Crippen LogP contribution in [0.2, 0.25) is 0 Å². The third kappa shape index (κ3) is 10.5. The van der Waals surface area contributed by atoms with Gasteiger partial charge < -0.3 is 20.1 Å². The SMILES string of the molecule is CCCOc1cc(C)ccc1CNC(=NC)NCCCCCOC.I. The summed E-state index contributed by atoms with van der Waals surface area (Å²) in [5.74, 6) is 1.78. The van der Waals surface area contributed by atoms with Crippen LogP contribution in [0.1, 0.15) is 43.7 Å².